The van der Waals surface area contributed by atoms with Gasteiger partial charge < -0.3 is 5.32 Å². The van der Waals surface area contributed by atoms with Crippen molar-refractivity contribution < 1.29 is 4.79 Å². The SMILES string of the molecule is CC=N/C(C)=C(\S)C(=O)NCc1ccc(Cl)cc1. The summed E-state index contributed by atoms with van der Waals surface area (Å²) in [4.78, 5) is 16.1. The zero-order chi connectivity index (χ0) is 13.5. The first-order valence-corrected chi connectivity index (χ1v) is 6.28. The van der Waals surface area contributed by atoms with Crippen molar-refractivity contribution in [1.82, 2.24) is 5.32 Å². The first-order chi connectivity index (χ1) is 8.54. The van der Waals surface area contributed by atoms with Gasteiger partial charge in [-0.1, -0.05) is 23.7 Å². The lowest BCUT2D eigenvalue weighted by Crippen LogP contribution is -2.23. The number of nitrogens with zero attached hydrogens (tertiary/aromatic N) is 1. The van der Waals surface area contributed by atoms with E-state index in [2.05, 4.69) is 22.9 Å². The number of amides is 1. The van der Waals surface area contributed by atoms with E-state index < -0.39 is 0 Å². The van der Waals surface area contributed by atoms with Crippen molar-refractivity contribution in [1.29, 1.82) is 0 Å². The van der Waals surface area contributed by atoms with Gasteiger partial charge in [0, 0.05) is 17.8 Å². The maximum atomic E-state index is 11.8. The first kappa shape index (κ1) is 14.8. The highest BCUT2D eigenvalue weighted by molar-refractivity contribution is 7.85. The fourth-order valence-electron chi connectivity index (χ4n) is 1.29. The molecule has 0 saturated heterocycles. The van der Waals surface area contributed by atoms with Gasteiger partial charge in [-0.25, -0.2) is 0 Å². The molecule has 0 aliphatic rings. The molecule has 1 aromatic carbocycles. The third kappa shape index (κ3) is 4.55. The van der Waals surface area contributed by atoms with Crippen LogP contribution in [0.15, 0.2) is 39.9 Å². The van der Waals surface area contributed by atoms with Crippen LogP contribution in [0.3, 0.4) is 0 Å². The number of hydrogen-bond acceptors (Lipinski definition) is 3. The number of carbonyl (C=O) groups excluding carboxylic acids is 1. The molecule has 18 heavy (non-hydrogen) atoms. The number of thiol groups is 1. The van der Waals surface area contributed by atoms with Gasteiger partial charge >= 0.3 is 0 Å². The summed E-state index contributed by atoms with van der Waals surface area (Å²) in [7, 11) is 0. The van der Waals surface area contributed by atoms with Crippen LogP contribution >= 0.6 is 24.2 Å². The van der Waals surface area contributed by atoms with Crippen molar-refractivity contribution in [2.75, 3.05) is 0 Å². The lowest BCUT2D eigenvalue weighted by Gasteiger charge is -2.06. The first-order valence-electron chi connectivity index (χ1n) is 5.45. The van der Waals surface area contributed by atoms with Crippen molar-refractivity contribution in [2.45, 2.75) is 20.4 Å². The normalized spacial score (nSPS) is 12.4. The van der Waals surface area contributed by atoms with E-state index in [0.29, 0.717) is 22.2 Å². The Hall–Kier alpha value is -1.26. The second kappa shape index (κ2) is 7.24. The van der Waals surface area contributed by atoms with Gasteiger partial charge in [-0.3, -0.25) is 9.79 Å². The molecule has 0 aliphatic carbocycles. The van der Waals surface area contributed by atoms with E-state index in [9.17, 15) is 4.79 Å². The van der Waals surface area contributed by atoms with E-state index in [1.165, 1.54) is 0 Å². The molecule has 0 aromatic heterocycles. The van der Waals surface area contributed by atoms with Crippen molar-refractivity contribution in [3.05, 3.63) is 45.5 Å². The Balaban J connectivity index is 2.61. The average molecular weight is 283 g/mol. The number of nitrogens with one attached hydrogen (secondary N) is 1. The van der Waals surface area contributed by atoms with Gasteiger partial charge in [-0.05, 0) is 31.5 Å². The highest BCUT2D eigenvalue weighted by atomic mass is 35.5. The molecule has 96 valence electrons. The molecule has 1 aromatic rings. The maximum absolute atomic E-state index is 11.8. The topological polar surface area (TPSA) is 41.5 Å². The van der Waals surface area contributed by atoms with E-state index in [0.717, 1.165) is 5.56 Å². The summed E-state index contributed by atoms with van der Waals surface area (Å²) in [6.45, 7) is 3.96. The van der Waals surface area contributed by atoms with Crippen LogP contribution in [0.4, 0.5) is 0 Å². The van der Waals surface area contributed by atoms with Crippen LogP contribution in [0.5, 0.6) is 0 Å². The summed E-state index contributed by atoms with van der Waals surface area (Å²) in [6.07, 6.45) is 1.62. The second-order valence-electron chi connectivity index (χ2n) is 3.63. The molecule has 0 atom stereocenters. The summed E-state index contributed by atoms with van der Waals surface area (Å²) in [5.41, 5.74) is 1.57. The maximum Gasteiger partial charge on any atom is 0.259 e. The summed E-state index contributed by atoms with van der Waals surface area (Å²) in [5.74, 6) is -0.239. The summed E-state index contributed by atoms with van der Waals surface area (Å²) < 4.78 is 0. The summed E-state index contributed by atoms with van der Waals surface area (Å²) in [6, 6.07) is 7.30. The third-order valence-electron chi connectivity index (χ3n) is 2.25. The lowest BCUT2D eigenvalue weighted by molar-refractivity contribution is -0.117. The average Bonchev–Trinajstić information content (AvgIpc) is 2.37. The lowest BCUT2D eigenvalue weighted by atomic mass is 10.2. The van der Waals surface area contributed by atoms with Crippen LogP contribution in [0.2, 0.25) is 5.02 Å². The zero-order valence-electron chi connectivity index (χ0n) is 10.3. The highest BCUT2D eigenvalue weighted by Crippen LogP contribution is 2.11. The third-order valence-corrected chi connectivity index (χ3v) is 3.03. The Morgan fingerprint density at radius 1 is 1.44 bits per heavy atom. The van der Waals surface area contributed by atoms with E-state index in [1.807, 2.05) is 12.1 Å². The highest BCUT2D eigenvalue weighted by Gasteiger charge is 2.07. The van der Waals surface area contributed by atoms with E-state index in [-0.39, 0.29) is 5.91 Å². The Bertz CT molecular complexity index is 480. The monoisotopic (exact) mass is 282 g/mol. The van der Waals surface area contributed by atoms with E-state index >= 15 is 0 Å². The largest absolute Gasteiger partial charge is 0.347 e. The van der Waals surface area contributed by atoms with Gasteiger partial charge in [-0.2, -0.15) is 0 Å². The van der Waals surface area contributed by atoms with Gasteiger partial charge in [-0.15, -0.1) is 12.6 Å². The van der Waals surface area contributed by atoms with Crippen LogP contribution in [0.25, 0.3) is 0 Å². The molecule has 3 nitrogen and oxygen atoms in total. The number of rotatable bonds is 4. The van der Waals surface area contributed by atoms with Gasteiger partial charge in [0.1, 0.15) is 0 Å². The zero-order valence-corrected chi connectivity index (χ0v) is 11.9. The van der Waals surface area contributed by atoms with Crippen LogP contribution in [-0.4, -0.2) is 12.1 Å². The molecule has 0 aliphatic heterocycles. The minimum absolute atomic E-state index is 0.239. The van der Waals surface area contributed by atoms with Crippen molar-refractivity contribution in [2.24, 2.45) is 4.99 Å². The molecule has 1 rings (SSSR count). The molecule has 1 amide bonds. The van der Waals surface area contributed by atoms with E-state index in [4.69, 9.17) is 11.6 Å². The van der Waals surface area contributed by atoms with Crippen LogP contribution in [0.1, 0.15) is 19.4 Å². The molecular formula is C13H15ClN2OS. The molecule has 0 heterocycles. The Kier molecular flexibility index (Phi) is 5.95. The number of carbonyl (C=O) groups is 1. The standard InChI is InChI=1S/C13H15ClN2OS/c1-3-15-9(2)12(18)13(17)16-8-10-4-6-11(14)7-5-10/h3-7,18H,8H2,1-2H3,(H,16,17)/b12-9-,15-3?. The Morgan fingerprint density at radius 3 is 2.61 bits per heavy atom. The van der Waals surface area contributed by atoms with Gasteiger partial charge in [0.05, 0.1) is 10.6 Å². The second-order valence-corrected chi connectivity index (χ2v) is 4.51. The number of halogens is 1. The predicted molar refractivity (Wildman–Crippen MR) is 79.2 cm³/mol. The van der Waals surface area contributed by atoms with Crippen LogP contribution in [-0.2, 0) is 11.3 Å². The molecule has 0 unspecified atom stereocenters. The molecule has 1 N–H and O–H groups in total. The predicted octanol–water partition coefficient (Wildman–Crippen LogP) is 3.21. The number of allylic oxidation sites excluding steroid dienone is 1. The molecule has 5 heteroatoms. The smallest absolute Gasteiger partial charge is 0.259 e. The summed E-state index contributed by atoms with van der Waals surface area (Å²) >= 11 is 9.93. The Labute approximate surface area is 117 Å². The molecule has 0 saturated carbocycles. The fraction of sp³-hybridized carbons (Fsp3) is 0.231. The quantitative estimate of drug-likeness (QED) is 0.497. The molecular weight excluding hydrogens is 268 g/mol. The minimum atomic E-state index is -0.239. The van der Waals surface area contributed by atoms with Crippen molar-refractivity contribution in [3.8, 4) is 0 Å². The van der Waals surface area contributed by atoms with Crippen molar-refractivity contribution in [3.63, 3.8) is 0 Å². The number of hydrogen-bond donors (Lipinski definition) is 2. The van der Waals surface area contributed by atoms with Gasteiger partial charge in [0.25, 0.3) is 5.91 Å². The van der Waals surface area contributed by atoms with Crippen LogP contribution in [0, 0.1) is 0 Å². The fourth-order valence-corrected chi connectivity index (χ4v) is 1.55. The minimum Gasteiger partial charge on any atom is -0.347 e. The molecule has 0 radical (unpaired) electrons. The van der Waals surface area contributed by atoms with Gasteiger partial charge in [0.15, 0.2) is 0 Å². The van der Waals surface area contributed by atoms with Gasteiger partial charge in [0.2, 0.25) is 0 Å². The Morgan fingerprint density at radius 2 is 2.06 bits per heavy atom. The summed E-state index contributed by atoms with van der Waals surface area (Å²) in [5, 5.41) is 3.44. The number of benzene rings is 1. The van der Waals surface area contributed by atoms with Crippen LogP contribution < -0.4 is 5.32 Å². The molecule has 0 bridgehead atoms. The molecule has 0 fully saturated rings. The van der Waals surface area contributed by atoms with Crippen molar-refractivity contribution >= 4 is 36.4 Å². The van der Waals surface area contributed by atoms with E-state index in [1.54, 1.807) is 32.2 Å². The molecule has 0 spiro atoms. The number of aliphatic imine (C=N–C) groups is 1.